The van der Waals surface area contributed by atoms with Crippen LogP contribution in [-0.4, -0.2) is 36.1 Å². The molecule has 4 atom stereocenters. The van der Waals surface area contributed by atoms with Gasteiger partial charge in [-0.05, 0) is 16.7 Å². The number of ether oxygens (including phenoxy) is 4. The highest BCUT2D eigenvalue weighted by atomic mass is 16.6. The lowest BCUT2D eigenvalue weighted by Crippen LogP contribution is -2.55. The van der Waals surface area contributed by atoms with Crippen molar-refractivity contribution in [2.45, 2.75) is 44.2 Å². The van der Waals surface area contributed by atoms with Crippen molar-refractivity contribution < 1.29 is 24.1 Å². The second-order valence-electron chi connectivity index (χ2n) is 8.04. The van der Waals surface area contributed by atoms with Crippen molar-refractivity contribution in [2.75, 3.05) is 6.61 Å². The van der Waals surface area contributed by atoms with Crippen molar-refractivity contribution in [3.05, 3.63) is 120 Å². The first-order valence-electron chi connectivity index (χ1n) is 11.2. The third-order valence-electron chi connectivity index (χ3n) is 5.63. The molecule has 1 fully saturated rings. The van der Waals surface area contributed by atoms with Gasteiger partial charge in [0.2, 0.25) is 0 Å². The van der Waals surface area contributed by atoms with Gasteiger partial charge in [-0.1, -0.05) is 97.6 Å². The van der Waals surface area contributed by atoms with Gasteiger partial charge < -0.3 is 24.1 Å². The Morgan fingerprint density at radius 3 is 1.52 bits per heavy atom. The van der Waals surface area contributed by atoms with Crippen LogP contribution in [0, 0.1) is 0 Å². The minimum absolute atomic E-state index is 0.213. The van der Waals surface area contributed by atoms with Gasteiger partial charge in [0.25, 0.3) is 0 Å². The average Bonchev–Trinajstić information content (AvgIpc) is 2.87. The molecule has 3 aromatic carbocycles. The van der Waals surface area contributed by atoms with Crippen LogP contribution in [0.3, 0.4) is 0 Å². The molecule has 0 unspecified atom stereocenters. The van der Waals surface area contributed by atoms with E-state index >= 15 is 0 Å². The Balaban J connectivity index is 1.54. The van der Waals surface area contributed by atoms with Crippen LogP contribution < -0.4 is 0 Å². The quantitative estimate of drug-likeness (QED) is 0.491. The summed E-state index contributed by atoms with van der Waals surface area (Å²) in [6.07, 6.45) is -2.18. The molecule has 1 N–H and O–H groups in total. The summed E-state index contributed by atoms with van der Waals surface area (Å²) in [7, 11) is 0. The summed E-state index contributed by atoms with van der Waals surface area (Å²) in [6.45, 7) is 4.99. The van der Waals surface area contributed by atoms with Crippen molar-refractivity contribution in [2.24, 2.45) is 0 Å². The minimum Gasteiger partial charge on any atom is -0.487 e. The zero-order chi connectivity index (χ0) is 22.9. The number of hydrogen-bond donors (Lipinski definition) is 1. The second kappa shape index (κ2) is 11.8. The van der Waals surface area contributed by atoms with Crippen LogP contribution in [0.4, 0.5) is 0 Å². The van der Waals surface area contributed by atoms with E-state index in [4.69, 9.17) is 18.9 Å². The van der Waals surface area contributed by atoms with Crippen LogP contribution in [0.5, 0.6) is 0 Å². The molecule has 0 bridgehead atoms. The number of aliphatic hydroxyl groups excluding tert-OH is 1. The van der Waals surface area contributed by atoms with E-state index in [0.29, 0.717) is 25.6 Å². The summed E-state index contributed by atoms with van der Waals surface area (Å²) in [5.74, 6) is 0.433. The van der Waals surface area contributed by atoms with Gasteiger partial charge in [-0.25, -0.2) is 0 Å². The van der Waals surface area contributed by atoms with E-state index < -0.39 is 24.4 Å². The first-order chi connectivity index (χ1) is 16.2. The smallest absolute Gasteiger partial charge is 0.150 e. The van der Waals surface area contributed by atoms with Gasteiger partial charge in [-0.15, -0.1) is 0 Å². The molecular weight excluding hydrogens is 416 g/mol. The Hall–Kier alpha value is -2.96. The van der Waals surface area contributed by atoms with E-state index in [1.54, 1.807) is 0 Å². The largest absolute Gasteiger partial charge is 0.487 e. The summed E-state index contributed by atoms with van der Waals surface area (Å²) in [4.78, 5) is 0. The van der Waals surface area contributed by atoms with E-state index in [1.165, 1.54) is 0 Å². The molecule has 33 heavy (non-hydrogen) atoms. The van der Waals surface area contributed by atoms with E-state index in [9.17, 15) is 5.11 Å². The van der Waals surface area contributed by atoms with E-state index in [2.05, 4.69) is 6.58 Å². The molecule has 1 heterocycles. The van der Waals surface area contributed by atoms with E-state index in [1.807, 2.05) is 91.0 Å². The molecule has 0 saturated carbocycles. The Labute approximate surface area is 195 Å². The molecule has 1 aliphatic heterocycles. The third-order valence-corrected chi connectivity index (χ3v) is 5.63. The van der Waals surface area contributed by atoms with Crippen LogP contribution in [0.2, 0.25) is 0 Å². The average molecular weight is 447 g/mol. The molecule has 0 aromatic heterocycles. The van der Waals surface area contributed by atoms with Crippen LogP contribution in [0.25, 0.3) is 0 Å². The first kappa shape index (κ1) is 23.2. The zero-order valence-corrected chi connectivity index (χ0v) is 18.6. The summed E-state index contributed by atoms with van der Waals surface area (Å²) < 4.78 is 24.8. The fraction of sp³-hybridized carbons (Fsp3) is 0.286. The second-order valence-corrected chi connectivity index (χ2v) is 8.04. The van der Waals surface area contributed by atoms with Crippen LogP contribution >= 0.6 is 0 Å². The SMILES string of the molecule is C=C1O[C@H](CO)[C@@H](OCc2ccccc2)[C@H](OCc2ccccc2)[C@H]1OCc1ccccc1. The van der Waals surface area contributed by atoms with Gasteiger partial charge >= 0.3 is 0 Å². The van der Waals surface area contributed by atoms with Gasteiger partial charge in [0.1, 0.15) is 30.2 Å². The highest BCUT2D eigenvalue weighted by Crippen LogP contribution is 2.31. The Morgan fingerprint density at radius 1 is 0.636 bits per heavy atom. The normalized spacial score (nSPS) is 22.6. The van der Waals surface area contributed by atoms with Crippen molar-refractivity contribution in [1.29, 1.82) is 0 Å². The summed E-state index contributed by atoms with van der Waals surface area (Å²) in [5.41, 5.74) is 3.11. The van der Waals surface area contributed by atoms with Gasteiger partial charge in [-0.2, -0.15) is 0 Å². The molecule has 1 saturated heterocycles. The lowest BCUT2D eigenvalue weighted by Gasteiger charge is -2.42. The number of benzene rings is 3. The first-order valence-corrected chi connectivity index (χ1v) is 11.2. The van der Waals surface area contributed by atoms with Gasteiger partial charge in [0.05, 0.1) is 26.4 Å². The highest BCUT2D eigenvalue weighted by molar-refractivity contribution is 5.17. The number of hydrogen-bond acceptors (Lipinski definition) is 5. The Bertz CT molecular complexity index is 977. The monoisotopic (exact) mass is 446 g/mol. The van der Waals surface area contributed by atoms with Gasteiger partial charge in [-0.3, -0.25) is 0 Å². The fourth-order valence-electron chi connectivity index (χ4n) is 3.90. The maximum absolute atomic E-state index is 10.0. The molecule has 5 nitrogen and oxygen atoms in total. The van der Waals surface area contributed by atoms with Gasteiger partial charge in [0, 0.05) is 0 Å². The molecule has 5 heteroatoms. The number of aliphatic hydroxyl groups is 1. The zero-order valence-electron chi connectivity index (χ0n) is 18.6. The van der Waals surface area contributed by atoms with Crippen LogP contribution in [-0.2, 0) is 38.8 Å². The molecule has 0 amide bonds. The maximum Gasteiger partial charge on any atom is 0.150 e. The molecule has 4 rings (SSSR count). The molecule has 3 aromatic rings. The minimum atomic E-state index is -0.599. The van der Waals surface area contributed by atoms with Crippen molar-refractivity contribution in [3.8, 4) is 0 Å². The fourth-order valence-corrected chi connectivity index (χ4v) is 3.90. The lowest BCUT2D eigenvalue weighted by molar-refractivity contribution is -0.219. The topological polar surface area (TPSA) is 57.2 Å². The Kier molecular flexibility index (Phi) is 8.28. The van der Waals surface area contributed by atoms with Crippen molar-refractivity contribution in [1.82, 2.24) is 0 Å². The number of rotatable bonds is 10. The highest BCUT2D eigenvalue weighted by Gasteiger charge is 2.45. The summed E-state index contributed by atoms with van der Waals surface area (Å²) in [5, 5.41) is 10.0. The van der Waals surface area contributed by atoms with Crippen molar-refractivity contribution >= 4 is 0 Å². The van der Waals surface area contributed by atoms with Crippen molar-refractivity contribution in [3.63, 3.8) is 0 Å². The summed E-state index contributed by atoms with van der Waals surface area (Å²) in [6, 6.07) is 29.8. The lowest BCUT2D eigenvalue weighted by atomic mass is 9.97. The maximum atomic E-state index is 10.0. The molecule has 0 spiro atoms. The van der Waals surface area contributed by atoms with Crippen LogP contribution in [0.1, 0.15) is 16.7 Å². The summed E-state index contributed by atoms with van der Waals surface area (Å²) >= 11 is 0. The predicted octanol–water partition coefficient (Wildman–Crippen LogP) is 4.65. The van der Waals surface area contributed by atoms with E-state index in [-0.39, 0.29) is 6.61 Å². The molecule has 0 aliphatic carbocycles. The standard InChI is InChI=1S/C28H30O5/c1-21-26(30-18-22-11-5-2-6-12-22)28(32-20-24-15-9-4-10-16-24)27(25(17-29)33-21)31-19-23-13-7-3-8-14-23/h2-16,25-29H,1,17-20H2/t25-,26+,27-,28-/m1/s1. The van der Waals surface area contributed by atoms with Gasteiger partial charge in [0.15, 0.2) is 0 Å². The molecular formula is C28H30O5. The Morgan fingerprint density at radius 2 is 1.06 bits per heavy atom. The van der Waals surface area contributed by atoms with E-state index in [0.717, 1.165) is 16.7 Å². The molecule has 172 valence electrons. The predicted molar refractivity (Wildman–Crippen MR) is 126 cm³/mol. The van der Waals surface area contributed by atoms with Crippen LogP contribution in [0.15, 0.2) is 103 Å². The molecule has 1 aliphatic rings. The molecule has 0 radical (unpaired) electrons. The third kappa shape index (κ3) is 6.30.